The Morgan fingerprint density at radius 2 is 0.694 bits per heavy atom. The van der Waals surface area contributed by atoms with Crippen LogP contribution in [0.25, 0.3) is 0 Å². The van der Waals surface area contributed by atoms with Gasteiger partial charge >= 0.3 is 8.80 Å². The van der Waals surface area contributed by atoms with E-state index < -0.39 is 16.9 Å². The standard InChI is InChI=1S/C31H68O3Si2/c1-7-13-14-15-16-17-18-19-20-21-22-23-24-25-26-27-29-35(11-5,12-6)30-28-31-36(32-8-2,33-9-3)34-10-4/h7-31H2,1-6H3. The molecule has 0 aliphatic heterocycles. The van der Waals surface area contributed by atoms with E-state index in [1.165, 1.54) is 133 Å². The topological polar surface area (TPSA) is 27.7 Å². The molecule has 0 radical (unpaired) electrons. The lowest BCUT2D eigenvalue weighted by Crippen LogP contribution is -2.46. The molecule has 3 nitrogen and oxygen atoms in total. The minimum atomic E-state index is -2.48. The molecule has 0 amide bonds. The van der Waals surface area contributed by atoms with E-state index in [4.69, 9.17) is 13.3 Å². The predicted molar refractivity (Wildman–Crippen MR) is 166 cm³/mol. The van der Waals surface area contributed by atoms with Crippen molar-refractivity contribution in [2.75, 3.05) is 19.8 Å². The molecule has 0 rings (SSSR count). The van der Waals surface area contributed by atoms with Crippen molar-refractivity contribution in [1.29, 1.82) is 0 Å². The summed E-state index contributed by atoms with van der Waals surface area (Å²) in [5.74, 6) is 0. The maximum atomic E-state index is 6.10. The van der Waals surface area contributed by atoms with Gasteiger partial charge in [-0.1, -0.05) is 154 Å². The van der Waals surface area contributed by atoms with Crippen molar-refractivity contribution in [2.24, 2.45) is 0 Å². The summed E-state index contributed by atoms with van der Waals surface area (Å²) >= 11 is 0. The molecule has 0 aliphatic carbocycles. The van der Waals surface area contributed by atoms with Gasteiger partial charge in [-0.05, 0) is 20.8 Å². The van der Waals surface area contributed by atoms with Crippen LogP contribution in [0.3, 0.4) is 0 Å². The van der Waals surface area contributed by atoms with Gasteiger partial charge in [0.25, 0.3) is 0 Å². The molecule has 5 heteroatoms. The molecule has 0 atom stereocenters. The second kappa shape index (κ2) is 25.6. The lowest BCUT2D eigenvalue weighted by Gasteiger charge is -2.32. The Hall–Kier alpha value is 0.314. The summed E-state index contributed by atoms with van der Waals surface area (Å²) in [5, 5.41) is 0. The first-order valence-corrected chi connectivity index (χ1v) is 21.2. The first-order valence-electron chi connectivity index (χ1n) is 16.5. The Labute approximate surface area is 230 Å². The summed E-state index contributed by atoms with van der Waals surface area (Å²) < 4.78 is 18.3. The highest BCUT2D eigenvalue weighted by molar-refractivity contribution is 6.79. The maximum Gasteiger partial charge on any atom is 0.500 e. The Balaban J connectivity index is 3.96. The van der Waals surface area contributed by atoms with E-state index in [0.717, 1.165) is 6.04 Å². The molecule has 0 saturated heterocycles. The van der Waals surface area contributed by atoms with Crippen LogP contribution in [0.5, 0.6) is 0 Å². The fourth-order valence-corrected chi connectivity index (χ4v) is 12.9. The minimum absolute atomic E-state index is 0.690. The summed E-state index contributed by atoms with van der Waals surface area (Å²) in [6.07, 6.45) is 24.5. The van der Waals surface area contributed by atoms with E-state index >= 15 is 0 Å². The molecule has 0 unspecified atom stereocenters. The molecule has 0 aromatic rings. The van der Waals surface area contributed by atoms with Crippen molar-refractivity contribution in [3.8, 4) is 0 Å². The Kier molecular flexibility index (Phi) is 25.8. The van der Waals surface area contributed by atoms with Gasteiger partial charge in [-0.15, -0.1) is 0 Å². The SMILES string of the molecule is CCCCCCCCCCCCCCCCCC[Si](CC)(CC)CCC[Si](OCC)(OCC)OCC. The molecule has 0 aliphatic rings. The summed E-state index contributed by atoms with van der Waals surface area (Å²) in [6.45, 7) is 15.5. The molecule has 0 bridgehead atoms. The Morgan fingerprint density at radius 3 is 1.03 bits per heavy atom. The second-order valence-corrected chi connectivity index (χ2v) is 19.2. The van der Waals surface area contributed by atoms with Crippen LogP contribution in [0.1, 0.15) is 151 Å². The summed E-state index contributed by atoms with van der Waals surface area (Å²) in [6, 6.07) is 6.78. The van der Waals surface area contributed by atoms with Gasteiger partial charge in [0.1, 0.15) is 0 Å². The molecule has 0 spiro atoms. The highest BCUT2D eigenvalue weighted by Crippen LogP contribution is 2.32. The van der Waals surface area contributed by atoms with Crippen LogP contribution in [0, 0.1) is 0 Å². The number of hydrogen-bond acceptors (Lipinski definition) is 3. The minimum Gasteiger partial charge on any atom is -0.374 e. The van der Waals surface area contributed by atoms with E-state index in [1.54, 1.807) is 0 Å². The smallest absolute Gasteiger partial charge is 0.374 e. The van der Waals surface area contributed by atoms with Gasteiger partial charge < -0.3 is 13.3 Å². The number of unbranched alkanes of at least 4 members (excludes halogenated alkanes) is 15. The predicted octanol–water partition coefficient (Wildman–Crippen LogP) is 11.2. The molecular weight excluding hydrogens is 477 g/mol. The molecule has 0 aromatic carbocycles. The van der Waals surface area contributed by atoms with Gasteiger partial charge in [-0.2, -0.15) is 0 Å². The van der Waals surface area contributed by atoms with Crippen molar-refractivity contribution < 1.29 is 13.3 Å². The molecule has 0 saturated carbocycles. The molecule has 0 N–H and O–H groups in total. The van der Waals surface area contributed by atoms with Gasteiger partial charge in [-0.3, -0.25) is 0 Å². The summed E-state index contributed by atoms with van der Waals surface area (Å²) in [5.41, 5.74) is 0. The largest absolute Gasteiger partial charge is 0.500 e. The van der Waals surface area contributed by atoms with Crippen molar-refractivity contribution >= 4 is 16.9 Å². The normalized spacial score (nSPS) is 12.5. The van der Waals surface area contributed by atoms with Gasteiger partial charge in [0.05, 0.1) is 8.07 Å². The molecule has 218 valence electrons. The lowest BCUT2D eigenvalue weighted by atomic mass is 10.0. The van der Waals surface area contributed by atoms with Gasteiger partial charge in [0, 0.05) is 25.9 Å². The van der Waals surface area contributed by atoms with Crippen LogP contribution in [-0.2, 0) is 13.3 Å². The van der Waals surface area contributed by atoms with Gasteiger partial charge in [0.15, 0.2) is 0 Å². The fourth-order valence-electron chi connectivity index (χ4n) is 5.81. The van der Waals surface area contributed by atoms with E-state index in [2.05, 4.69) is 41.5 Å². The van der Waals surface area contributed by atoms with Gasteiger partial charge in [-0.25, -0.2) is 0 Å². The fraction of sp³-hybridized carbons (Fsp3) is 1.00. The maximum absolute atomic E-state index is 6.10. The highest BCUT2D eigenvalue weighted by Gasteiger charge is 2.40. The molecule has 0 fully saturated rings. The van der Waals surface area contributed by atoms with Crippen molar-refractivity contribution in [3.05, 3.63) is 0 Å². The molecule has 36 heavy (non-hydrogen) atoms. The highest BCUT2D eigenvalue weighted by atomic mass is 28.4. The quantitative estimate of drug-likeness (QED) is 0.0692. The molecule has 0 aromatic heterocycles. The van der Waals surface area contributed by atoms with Crippen LogP contribution in [0.2, 0.25) is 30.2 Å². The molecule has 0 heterocycles. The van der Waals surface area contributed by atoms with E-state index in [-0.39, 0.29) is 0 Å². The van der Waals surface area contributed by atoms with E-state index in [1.807, 2.05) is 0 Å². The summed E-state index contributed by atoms with van der Waals surface area (Å²) in [7, 11) is -3.64. The number of hydrogen-bond donors (Lipinski definition) is 0. The Morgan fingerprint density at radius 1 is 0.361 bits per heavy atom. The van der Waals surface area contributed by atoms with Gasteiger partial charge in [0.2, 0.25) is 0 Å². The number of rotatable bonds is 29. The van der Waals surface area contributed by atoms with Crippen molar-refractivity contribution in [3.63, 3.8) is 0 Å². The average Bonchev–Trinajstić information content (AvgIpc) is 2.88. The second-order valence-electron chi connectivity index (χ2n) is 11.1. The van der Waals surface area contributed by atoms with Crippen LogP contribution in [0.15, 0.2) is 0 Å². The first kappa shape index (κ1) is 36.3. The summed E-state index contributed by atoms with van der Waals surface area (Å²) in [4.78, 5) is 0. The van der Waals surface area contributed by atoms with E-state index in [0.29, 0.717) is 19.8 Å². The van der Waals surface area contributed by atoms with E-state index in [9.17, 15) is 0 Å². The molecular formula is C31H68O3Si2. The lowest BCUT2D eigenvalue weighted by molar-refractivity contribution is 0.0711. The zero-order valence-corrected chi connectivity index (χ0v) is 27.9. The first-order chi connectivity index (χ1) is 17.6. The third kappa shape index (κ3) is 18.5. The monoisotopic (exact) mass is 544 g/mol. The van der Waals surface area contributed by atoms with Crippen molar-refractivity contribution in [2.45, 2.75) is 181 Å². The van der Waals surface area contributed by atoms with Crippen molar-refractivity contribution in [1.82, 2.24) is 0 Å². The van der Waals surface area contributed by atoms with Crippen LogP contribution < -0.4 is 0 Å². The third-order valence-corrected chi connectivity index (χ3v) is 17.3. The Bertz CT molecular complexity index is 427. The van der Waals surface area contributed by atoms with Crippen LogP contribution in [0.4, 0.5) is 0 Å². The third-order valence-electron chi connectivity index (χ3n) is 8.34. The average molecular weight is 545 g/mol. The zero-order valence-electron chi connectivity index (χ0n) is 25.9. The van der Waals surface area contributed by atoms with Crippen LogP contribution in [-0.4, -0.2) is 36.7 Å². The zero-order chi connectivity index (χ0) is 26.8. The van der Waals surface area contributed by atoms with Crippen LogP contribution >= 0.6 is 0 Å².